The summed E-state index contributed by atoms with van der Waals surface area (Å²) in [6, 6.07) is 0. The minimum Gasteiger partial charge on any atom is -0.382 e. The predicted molar refractivity (Wildman–Crippen MR) is 56.8 cm³/mol. The van der Waals surface area contributed by atoms with Crippen LogP contribution in [0.5, 0.6) is 0 Å². The van der Waals surface area contributed by atoms with Crippen LogP contribution in [0.15, 0.2) is 6.20 Å². The van der Waals surface area contributed by atoms with Gasteiger partial charge in [0, 0.05) is 19.8 Å². The van der Waals surface area contributed by atoms with Crippen LogP contribution in [0.1, 0.15) is 13.3 Å². The number of rotatable bonds is 6. The molecule has 0 aliphatic rings. The van der Waals surface area contributed by atoms with Gasteiger partial charge in [-0.1, -0.05) is 0 Å². The smallest absolute Gasteiger partial charge is 0.215 e. The number of ether oxygens (including phenoxy) is 1. The van der Waals surface area contributed by atoms with E-state index in [-0.39, 0.29) is 0 Å². The molecule has 0 saturated heterocycles. The van der Waals surface area contributed by atoms with Crippen LogP contribution in [-0.4, -0.2) is 34.9 Å². The van der Waals surface area contributed by atoms with Crippen LogP contribution < -0.4 is 5.32 Å². The lowest BCUT2D eigenvalue weighted by atomic mass is 10.4. The van der Waals surface area contributed by atoms with Crippen molar-refractivity contribution >= 4 is 18.0 Å². The zero-order valence-electron chi connectivity index (χ0n) is 8.12. The molecule has 14 heavy (non-hydrogen) atoms. The third kappa shape index (κ3) is 4.29. The van der Waals surface area contributed by atoms with Gasteiger partial charge in [-0.2, -0.15) is 5.10 Å². The highest BCUT2D eigenvalue weighted by atomic mass is 32.1. The number of nitrogens with one attached hydrogen (secondary N) is 2. The number of H-pyrrole nitrogens is 1. The summed E-state index contributed by atoms with van der Waals surface area (Å²) in [5, 5.41) is 9.49. The van der Waals surface area contributed by atoms with E-state index >= 15 is 0 Å². The van der Waals surface area contributed by atoms with Crippen LogP contribution in [0.25, 0.3) is 0 Å². The molecule has 0 saturated carbocycles. The first-order valence-corrected chi connectivity index (χ1v) is 4.97. The van der Waals surface area contributed by atoms with E-state index in [4.69, 9.17) is 17.0 Å². The minimum absolute atomic E-state index is 0.389. The zero-order chi connectivity index (χ0) is 10.2. The first-order chi connectivity index (χ1) is 6.83. The molecule has 0 radical (unpaired) electrons. The minimum atomic E-state index is 0.389. The summed E-state index contributed by atoms with van der Waals surface area (Å²) in [7, 11) is 0. The van der Waals surface area contributed by atoms with Gasteiger partial charge in [-0.25, -0.2) is 4.98 Å². The average molecular weight is 214 g/mol. The first-order valence-electron chi connectivity index (χ1n) is 4.56. The Labute approximate surface area is 87.9 Å². The van der Waals surface area contributed by atoms with Crippen molar-refractivity contribution in [2.24, 2.45) is 0 Å². The summed E-state index contributed by atoms with van der Waals surface area (Å²) in [6.45, 7) is 4.32. The fourth-order valence-electron chi connectivity index (χ4n) is 0.932. The van der Waals surface area contributed by atoms with Crippen molar-refractivity contribution in [3.05, 3.63) is 11.0 Å². The van der Waals surface area contributed by atoms with E-state index in [1.165, 1.54) is 0 Å². The molecule has 0 atom stereocenters. The summed E-state index contributed by atoms with van der Waals surface area (Å²) in [5.74, 6) is 0.699. The summed E-state index contributed by atoms with van der Waals surface area (Å²) in [4.78, 5) is 4.04. The number of anilines is 1. The van der Waals surface area contributed by atoms with Crippen molar-refractivity contribution in [2.75, 3.05) is 25.1 Å². The van der Waals surface area contributed by atoms with E-state index in [0.29, 0.717) is 10.6 Å². The number of hydrogen-bond acceptors (Lipinski definition) is 5. The second kappa shape index (κ2) is 6.44. The monoisotopic (exact) mass is 214 g/mol. The van der Waals surface area contributed by atoms with Crippen LogP contribution in [0.3, 0.4) is 0 Å². The molecule has 1 aromatic heterocycles. The third-order valence-corrected chi connectivity index (χ3v) is 1.73. The Morgan fingerprint density at radius 1 is 1.64 bits per heavy atom. The quantitative estimate of drug-likeness (QED) is 0.553. The van der Waals surface area contributed by atoms with Gasteiger partial charge in [0.1, 0.15) is 5.82 Å². The van der Waals surface area contributed by atoms with Gasteiger partial charge < -0.3 is 10.1 Å². The Balaban J connectivity index is 2.21. The SMILES string of the molecule is CCOCCCNc1cn[nH]c(=S)n1. The van der Waals surface area contributed by atoms with Crippen LogP contribution >= 0.6 is 12.2 Å². The zero-order valence-corrected chi connectivity index (χ0v) is 8.93. The van der Waals surface area contributed by atoms with Crippen molar-refractivity contribution in [2.45, 2.75) is 13.3 Å². The van der Waals surface area contributed by atoms with Crippen molar-refractivity contribution in [1.29, 1.82) is 0 Å². The molecule has 5 nitrogen and oxygen atoms in total. The van der Waals surface area contributed by atoms with E-state index in [1.807, 2.05) is 6.92 Å². The van der Waals surface area contributed by atoms with Gasteiger partial charge in [-0.05, 0) is 25.6 Å². The normalized spacial score (nSPS) is 10.1. The number of nitrogens with zero attached hydrogens (tertiary/aromatic N) is 2. The van der Waals surface area contributed by atoms with Crippen molar-refractivity contribution in [3.63, 3.8) is 0 Å². The molecule has 0 aliphatic heterocycles. The highest BCUT2D eigenvalue weighted by Gasteiger charge is 1.92. The van der Waals surface area contributed by atoms with Crippen LogP contribution in [-0.2, 0) is 4.74 Å². The highest BCUT2D eigenvalue weighted by Crippen LogP contribution is 1.96. The Bertz CT molecular complexity index is 314. The Morgan fingerprint density at radius 3 is 3.21 bits per heavy atom. The molecule has 1 aromatic rings. The molecule has 0 bridgehead atoms. The molecule has 0 amide bonds. The van der Waals surface area contributed by atoms with E-state index in [1.54, 1.807) is 6.20 Å². The lowest BCUT2D eigenvalue weighted by Gasteiger charge is -2.04. The van der Waals surface area contributed by atoms with Crippen LogP contribution in [0.2, 0.25) is 0 Å². The summed E-state index contributed by atoms with van der Waals surface area (Å²) >= 11 is 4.83. The average Bonchev–Trinajstić information content (AvgIpc) is 2.18. The molecule has 0 fully saturated rings. The van der Waals surface area contributed by atoms with Crippen molar-refractivity contribution < 1.29 is 4.74 Å². The molecular weight excluding hydrogens is 200 g/mol. The van der Waals surface area contributed by atoms with Gasteiger partial charge in [0.25, 0.3) is 0 Å². The Hall–Kier alpha value is -1.01. The second-order valence-electron chi connectivity index (χ2n) is 2.65. The molecule has 78 valence electrons. The van der Waals surface area contributed by atoms with Gasteiger partial charge in [0.15, 0.2) is 0 Å². The molecule has 2 N–H and O–H groups in total. The molecule has 0 spiro atoms. The maximum atomic E-state index is 5.19. The predicted octanol–water partition coefficient (Wildman–Crippen LogP) is 1.37. The standard InChI is InChI=1S/C8H14N4OS/c1-2-13-5-3-4-9-7-6-10-12-8(14)11-7/h6H,2-5H2,1H3,(H2,9,11,12,14). The molecule has 6 heteroatoms. The third-order valence-electron chi connectivity index (χ3n) is 1.54. The molecule has 0 aromatic carbocycles. The number of aromatic amines is 1. The highest BCUT2D eigenvalue weighted by molar-refractivity contribution is 7.71. The van der Waals surface area contributed by atoms with Crippen LogP contribution in [0, 0.1) is 4.77 Å². The summed E-state index contributed by atoms with van der Waals surface area (Å²) in [6.07, 6.45) is 2.55. The summed E-state index contributed by atoms with van der Waals surface area (Å²) in [5.41, 5.74) is 0. The van der Waals surface area contributed by atoms with E-state index < -0.39 is 0 Å². The maximum absolute atomic E-state index is 5.19. The topological polar surface area (TPSA) is 62.8 Å². The lowest BCUT2D eigenvalue weighted by Crippen LogP contribution is -2.07. The number of aromatic nitrogens is 3. The largest absolute Gasteiger partial charge is 0.382 e. The van der Waals surface area contributed by atoms with Crippen molar-refractivity contribution in [3.8, 4) is 0 Å². The van der Waals surface area contributed by atoms with Gasteiger partial charge in [-0.15, -0.1) is 0 Å². The molecular formula is C8H14N4OS. The Morgan fingerprint density at radius 2 is 2.50 bits per heavy atom. The van der Waals surface area contributed by atoms with Gasteiger partial charge in [-0.3, -0.25) is 5.10 Å². The van der Waals surface area contributed by atoms with Gasteiger partial charge >= 0.3 is 0 Å². The molecule has 1 heterocycles. The van der Waals surface area contributed by atoms with E-state index in [2.05, 4.69) is 20.5 Å². The van der Waals surface area contributed by atoms with E-state index in [0.717, 1.165) is 26.2 Å². The number of hydrogen-bond donors (Lipinski definition) is 2. The van der Waals surface area contributed by atoms with Gasteiger partial charge in [0.05, 0.1) is 6.20 Å². The molecule has 0 aliphatic carbocycles. The van der Waals surface area contributed by atoms with Crippen LogP contribution in [0.4, 0.5) is 5.82 Å². The van der Waals surface area contributed by atoms with Crippen molar-refractivity contribution in [1.82, 2.24) is 15.2 Å². The maximum Gasteiger partial charge on any atom is 0.215 e. The second-order valence-corrected chi connectivity index (χ2v) is 3.04. The lowest BCUT2D eigenvalue weighted by molar-refractivity contribution is 0.147. The summed E-state index contributed by atoms with van der Waals surface area (Å²) < 4.78 is 5.58. The van der Waals surface area contributed by atoms with E-state index in [9.17, 15) is 0 Å². The van der Waals surface area contributed by atoms with Gasteiger partial charge in [0.2, 0.25) is 4.77 Å². The fraction of sp³-hybridized carbons (Fsp3) is 0.625. The molecule has 1 rings (SSSR count). The fourth-order valence-corrected chi connectivity index (χ4v) is 1.08. The molecule has 0 unspecified atom stereocenters. The Kier molecular flexibility index (Phi) is 5.09. The first kappa shape index (κ1) is 11.1.